The molecule has 2 aromatic heterocycles. The molecule has 6 nitrogen and oxygen atoms in total. The third-order valence-electron chi connectivity index (χ3n) is 5.33. The van der Waals surface area contributed by atoms with Crippen molar-refractivity contribution in [3.63, 3.8) is 0 Å². The van der Waals surface area contributed by atoms with Gasteiger partial charge in [-0.15, -0.1) is 0 Å². The molecule has 0 aliphatic carbocycles. The molecule has 2 atom stereocenters. The smallest absolute Gasteiger partial charge is 0.259 e. The zero-order valence-electron chi connectivity index (χ0n) is 14.7. The van der Waals surface area contributed by atoms with Gasteiger partial charge in [0.25, 0.3) is 5.91 Å². The van der Waals surface area contributed by atoms with Crippen LogP contribution in [0.3, 0.4) is 0 Å². The van der Waals surface area contributed by atoms with Gasteiger partial charge in [-0.25, -0.2) is 9.50 Å². The molecule has 134 valence electrons. The third-order valence-corrected chi connectivity index (χ3v) is 5.33. The maximum Gasteiger partial charge on any atom is 0.259 e. The van der Waals surface area contributed by atoms with Gasteiger partial charge in [0.15, 0.2) is 5.65 Å². The van der Waals surface area contributed by atoms with Crippen molar-refractivity contribution in [1.82, 2.24) is 19.5 Å². The van der Waals surface area contributed by atoms with E-state index in [1.54, 1.807) is 29.2 Å². The van der Waals surface area contributed by atoms with E-state index in [-0.39, 0.29) is 11.8 Å². The summed E-state index contributed by atoms with van der Waals surface area (Å²) in [6, 6.07) is 11.9. The summed E-state index contributed by atoms with van der Waals surface area (Å²) in [5.41, 5.74) is 1.45. The number of likely N-dealkylation sites (tertiary alicyclic amines) is 1. The summed E-state index contributed by atoms with van der Waals surface area (Å²) in [5, 5.41) is 15.0. The largest absolute Gasteiger partial charge is 0.390 e. The van der Waals surface area contributed by atoms with Gasteiger partial charge >= 0.3 is 0 Å². The summed E-state index contributed by atoms with van der Waals surface area (Å²) < 4.78 is 1.61. The zero-order valence-corrected chi connectivity index (χ0v) is 14.7. The average Bonchev–Trinajstić information content (AvgIpc) is 3.08. The monoisotopic (exact) mass is 350 g/mol. The van der Waals surface area contributed by atoms with E-state index in [4.69, 9.17) is 0 Å². The molecule has 1 aliphatic heterocycles. The summed E-state index contributed by atoms with van der Waals surface area (Å²) in [6.07, 6.45) is 6.31. The fourth-order valence-electron chi connectivity index (χ4n) is 3.64. The summed E-state index contributed by atoms with van der Waals surface area (Å²) in [7, 11) is 0. The summed E-state index contributed by atoms with van der Waals surface area (Å²) in [5.74, 6) is -0.0929. The van der Waals surface area contributed by atoms with Crippen molar-refractivity contribution in [3.05, 3.63) is 66.1 Å². The van der Waals surface area contributed by atoms with Gasteiger partial charge in [-0.05, 0) is 31.4 Å². The van der Waals surface area contributed by atoms with Crippen LogP contribution in [0.4, 0.5) is 0 Å². The highest BCUT2D eigenvalue weighted by atomic mass is 16.3. The van der Waals surface area contributed by atoms with Crippen LogP contribution in [0.5, 0.6) is 0 Å². The van der Waals surface area contributed by atoms with Crippen LogP contribution in [0, 0.1) is 5.92 Å². The number of benzene rings is 1. The van der Waals surface area contributed by atoms with Crippen LogP contribution in [0.2, 0.25) is 0 Å². The van der Waals surface area contributed by atoms with Crippen LogP contribution >= 0.6 is 0 Å². The van der Waals surface area contributed by atoms with E-state index in [2.05, 4.69) is 22.2 Å². The highest BCUT2D eigenvalue weighted by Crippen LogP contribution is 2.31. The minimum atomic E-state index is -0.786. The molecular weight excluding hydrogens is 328 g/mol. The highest BCUT2D eigenvalue weighted by molar-refractivity contribution is 5.99. The molecule has 1 fully saturated rings. The van der Waals surface area contributed by atoms with E-state index in [1.807, 2.05) is 30.0 Å². The first-order chi connectivity index (χ1) is 12.5. The van der Waals surface area contributed by atoms with Gasteiger partial charge in [0, 0.05) is 31.4 Å². The number of carbonyl (C=O) groups is 1. The predicted molar refractivity (Wildman–Crippen MR) is 97.8 cm³/mol. The molecule has 1 N–H and O–H groups in total. The maximum absolute atomic E-state index is 13.0. The molecule has 26 heavy (non-hydrogen) atoms. The van der Waals surface area contributed by atoms with E-state index in [1.165, 1.54) is 5.56 Å². The molecule has 1 aliphatic rings. The first kappa shape index (κ1) is 16.7. The average molecular weight is 350 g/mol. The lowest BCUT2D eigenvalue weighted by Gasteiger charge is -2.42. The molecule has 1 saturated heterocycles. The van der Waals surface area contributed by atoms with Gasteiger partial charge in [0.2, 0.25) is 0 Å². The number of amides is 1. The Morgan fingerprint density at radius 1 is 1.31 bits per heavy atom. The maximum atomic E-state index is 13.0. The minimum absolute atomic E-state index is 0.0163. The Morgan fingerprint density at radius 3 is 2.92 bits per heavy atom. The second kappa shape index (κ2) is 6.53. The molecule has 0 bridgehead atoms. The van der Waals surface area contributed by atoms with Crippen LogP contribution in [0.25, 0.3) is 5.65 Å². The fraction of sp³-hybridized carbons (Fsp3) is 0.350. The number of piperidine rings is 1. The standard InChI is InChI=1S/C20H22N4O2/c1-20(26)8-11-23(14-16(20)12-15-6-3-2-4-7-15)19(25)17-13-22-24-10-5-9-21-18(17)24/h2-7,9-10,13,16,26H,8,11-12,14H2,1H3/t16-,20+/m0/s1. The molecule has 0 spiro atoms. The Hall–Kier alpha value is -2.73. The third kappa shape index (κ3) is 3.08. The lowest BCUT2D eigenvalue weighted by atomic mass is 9.78. The SMILES string of the molecule is C[C@@]1(O)CCN(C(=O)c2cnn3cccnc23)C[C@@H]1Cc1ccccc1. The van der Waals surface area contributed by atoms with Crippen LogP contribution in [-0.4, -0.2) is 49.2 Å². The molecule has 3 heterocycles. The zero-order chi connectivity index (χ0) is 18.1. The number of aliphatic hydroxyl groups is 1. The van der Waals surface area contributed by atoms with Gasteiger partial charge in [0.05, 0.1) is 11.8 Å². The van der Waals surface area contributed by atoms with Crippen molar-refractivity contribution in [3.8, 4) is 0 Å². The van der Waals surface area contributed by atoms with Gasteiger partial charge < -0.3 is 10.0 Å². The molecule has 1 aromatic carbocycles. The number of hydrogen-bond donors (Lipinski definition) is 1. The molecule has 1 amide bonds. The Morgan fingerprint density at radius 2 is 2.12 bits per heavy atom. The predicted octanol–water partition coefficient (Wildman–Crippen LogP) is 2.19. The summed E-state index contributed by atoms with van der Waals surface area (Å²) in [4.78, 5) is 19.1. The fourth-order valence-corrected chi connectivity index (χ4v) is 3.64. The second-order valence-electron chi connectivity index (χ2n) is 7.19. The molecular formula is C20H22N4O2. The minimum Gasteiger partial charge on any atom is -0.390 e. The molecule has 0 saturated carbocycles. The second-order valence-corrected chi connectivity index (χ2v) is 7.19. The normalized spacial score (nSPS) is 23.3. The topological polar surface area (TPSA) is 70.7 Å². The van der Waals surface area contributed by atoms with Crippen molar-refractivity contribution in [2.24, 2.45) is 5.92 Å². The number of carbonyl (C=O) groups excluding carboxylic acids is 1. The number of fused-ring (bicyclic) bond motifs is 1. The highest BCUT2D eigenvalue weighted by Gasteiger charge is 2.39. The van der Waals surface area contributed by atoms with Crippen LogP contribution in [0.15, 0.2) is 55.0 Å². The van der Waals surface area contributed by atoms with Gasteiger partial charge in [-0.1, -0.05) is 30.3 Å². The molecule has 0 unspecified atom stereocenters. The van der Waals surface area contributed by atoms with Crippen LogP contribution < -0.4 is 0 Å². The molecule has 4 rings (SSSR count). The number of nitrogens with zero attached hydrogens (tertiary/aromatic N) is 4. The Bertz CT molecular complexity index is 920. The Balaban J connectivity index is 1.56. The van der Waals surface area contributed by atoms with Gasteiger partial charge in [0.1, 0.15) is 5.56 Å². The Labute approximate surface area is 152 Å². The first-order valence-electron chi connectivity index (χ1n) is 8.88. The lowest BCUT2D eigenvalue weighted by Crippen LogP contribution is -2.52. The quantitative estimate of drug-likeness (QED) is 0.786. The van der Waals surface area contributed by atoms with Gasteiger partial charge in [-0.2, -0.15) is 5.10 Å². The summed E-state index contributed by atoms with van der Waals surface area (Å²) >= 11 is 0. The van der Waals surface area contributed by atoms with Crippen molar-refractivity contribution in [2.45, 2.75) is 25.4 Å². The van der Waals surface area contributed by atoms with Gasteiger partial charge in [-0.3, -0.25) is 4.79 Å². The van der Waals surface area contributed by atoms with Crippen molar-refractivity contribution in [1.29, 1.82) is 0 Å². The van der Waals surface area contributed by atoms with Crippen LogP contribution in [-0.2, 0) is 6.42 Å². The molecule has 0 radical (unpaired) electrons. The van der Waals surface area contributed by atoms with Crippen LogP contribution in [0.1, 0.15) is 29.3 Å². The van der Waals surface area contributed by atoms with E-state index < -0.39 is 5.60 Å². The number of hydrogen-bond acceptors (Lipinski definition) is 4. The number of aromatic nitrogens is 3. The Kier molecular flexibility index (Phi) is 4.20. The van der Waals surface area contributed by atoms with E-state index in [9.17, 15) is 9.90 Å². The van der Waals surface area contributed by atoms with E-state index in [0.29, 0.717) is 30.7 Å². The van der Waals surface area contributed by atoms with Crippen molar-refractivity contribution < 1.29 is 9.90 Å². The van der Waals surface area contributed by atoms with Crippen molar-refractivity contribution >= 4 is 11.6 Å². The van der Waals surface area contributed by atoms with E-state index in [0.717, 1.165) is 6.42 Å². The summed E-state index contributed by atoms with van der Waals surface area (Å²) in [6.45, 7) is 2.92. The number of rotatable bonds is 3. The molecule has 6 heteroatoms. The first-order valence-corrected chi connectivity index (χ1v) is 8.88. The van der Waals surface area contributed by atoms with Crippen molar-refractivity contribution in [2.75, 3.05) is 13.1 Å². The lowest BCUT2D eigenvalue weighted by molar-refractivity contribution is -0.0507. The van der Waals surface area contributed by atoms with E-state index >= 15 is 0 Å². The molecule has 3 aromatic rings.